The van der Waals surface area contributed by atoms with Crippen molar-refractivity contribution in [3.63, 3.8) is 0 Å². The van der Waals surface area contributed by atoms with Crippen LogP contribution >= 0.6 is 11.8 Å². The standard InChI is InChI=1S/C33H50N2O3S/c1-6-7-8-9-10-11-12-13-14-15-16-17-18-23-34-26-19-21-28-30(24-26)39-31-25-27(37-5)20-22-29(31)35(28)32(36)38-33(2,3)4/h19-22,24-25,34H,6-18,23H2,1-5H3. The van der Waals surface area contributed by atoms with Crippen LogP contribution in [0.15, 0.2) is 46.2 Å². The predicted molar refractivity (Wildman–Crippen MR) is 166 cm³/mol. The van der Waals surface area contributed by atoms with Crippen molar-refractivity contribution in [1.82, 2.24) is 0 Å². The fraction of sp³-hybridized carbons (Fsp3) is 0.606. The van der Waals surface area contributed by atoms with Crippen LogP contribution in [0.1, 0.15) is 111 Å². The molecule has 0 aliphatic carbocycles. The lowest BCUT2D eigenvalue weighted by Crippen LogP contribution is -2.35. The Hall–Kier alpha value is -2.34. The highest BCUT2D eigenvalue weighted by molar-refractivity contribution is 7.99. The van der Waals surface area contributed by atoms with Crippen LogP contribution in [-0.4, -0.2) is 25.3 Å². The number of hydrogen-bond donors (Lipinski definition) is 1. The van der Waals surface area contributed by atoms with Gasteiger partial charge in [-0.25, -0.2) is 9.69 Å². The van der Waals surface area contributed by atoms with Gasteiger partial charge in [0.15, 0.2) is 0 Å². The summed E-state index contributed by atoms with van der Waals surface area (Å²) in [6, 6.07) is 12.0. The van der Waals surface area contributed by atoms with E-state index < -0.39 is 5.60 Å². The highest BCUT2D eigenvalue weighted by atomic mass is 32.2. The summed E-state index contributed by atoms with van der Waals surface area (Å²) in [5.41, 5.74) is 2.16. The number of benzene rings is 2. The first-order valence-corrected chi connectivity index (χ1v) is 15.9. The lowest BCUT2D eigenvalue weighted by Gasteiger charge is -2.33. The fourth-order valence-electron chi connectivity index (χ4n) is 4.91. The summed E-state index contributed by atoms with van der Waals surface area (Å²) in [6.07, 6.45) is 17.4. The average molecular weight is 555 g/mol. The maximum absolute atomic E-state index is 13.2. The summed E-state index contributed by atoms with van der Waals surface area (Å²) in [7, 11) is 1.66. The van der Waals surface area contributed by atoms with Gasteiger partial charge in [0.05, 0.1) is 18.5 Å². The quantitative estimate of drug-likeness (QED) is 0.209. The van der Waals surface area contributed by atoms with E-state index in [9.17, 15) is 4.79 Å². The Balaban J connectivity index is 1.46. The van der Waals surface area contributed by atoms with Gasteiger partial charge in [0.2, 0.25) is 0 Å². The minimum Gasteiger partial charge on any atom is -0.497 e. The highest BCUT2D eigenvalue weighted by Crippen LogP contribution is 2.50. The second kappa shape index (κ2) is 16.1. The van der Waals surface area contributed by atoms with Crippen molar-refractivity contribution in [1.29, 1.82) is 0 Å². The van der Waals surface area contributed by atoms with Gasteiger partial charge in [-0.2, -0.15) is 0 Å². The SMILES string of the molecule is CCCCCCCCCCCCCCCNc1ccc2c(c1)Sc1cc(OC)ccc1N2C(=O)OC(C)(C)C. The normalized spacial score (nSPS) is 12.6. The van der Waals surface area contributed by atoms with Crippen molar-refractivity contribution < 1.29 is 14.3 Å². The molecule has 3 rings (SSSR count). The molecule has 0 unspecified atom stereocenters. The molecule has 1 aliphatic heterocycles. The summed E-state index contributed by atoms with van der Waals surface area (Å²) in [5.74, 6) is 0.769. The van der Waals surface area contributed by atoms with Crippen LogP contribution in [0.4, 0.5) is 21.9 Å². The summed E-state index contributed by atoms with van der Waals surface area (Å²) >= 11 is 1.66. The Morgan fingerprint density at radius 3 is 1.90 bits per heavy atom. The molecule has 0 aromatic heterocycles. The van der Waals surface area contributed by atoms with Crippen molar-refractivity contribution in [2.75, 3.05) is 23.9 Å². The topological polar surface area (TPSA) is 50.8 Å². The molecule has 0 radical (unpaired) electrons. The van der Waals surface area contributed by atoms with Crippen LogP contribution in [0.25, 0.3) is 0 Å². The number of unbranched alkanes of at least 4 members (excludes halogenated alkanes) is 12. The molecule has 39 heavy (non-hydrogen) atoms. The number of anilines is 3. The van der Waals surface area contributed by atoms with Gasteiger partial charge in [0.25, 0.3) is 0 Å². The summed E-state index contributed by atoms with van der Waals surface area (Å²) in [5, 5.41) is 3.59. The minimum atomic E-state index is -0.580. The molecule has 2 aromatic rings. The van der Waals surface area contributed by atoms with E-state index >= 15 is 0 Å². The zero-order valence-corrected chi connectivity index (χ0v) is 25.8. The van der Waals surface area contributed by atoms with Crippen molar-refractivity contribution >= 4 is 34.9 Å². The second-order valence-corrected chi connectivity index (χ2v) is 12.7. The first-order valence-electron chi connectivity index (χ1n) is 15.1. The number of nitrogens with one attached hydrogen (secondary N) is 1. The van der Waals surface area contributed by atoms with Crippen LogP contribution < -0.4 is 15.0 Å². The predicted octanol–water partition coefficient (Wildman–Crippen LogP) is 10.7. The molecule has 1 heterocycles. The Bertz CT molecular complexity index is 1030. The molecule has 0 spiro atoms. The van der Waals surface area contributed by atoms with Crippen LogP contribution in [0.2, 0.25) is 0 Å². The van der Waals surface area contributed by atoms with Gasteiger partial charge in [0.1, 0.15) is 11.4 Å². The van der Waals surface area contributed by atoms with Crippen molar-refractivity contribution in [2.24, 2.45) is 0 Å². The van der Waals surface area contributed by atoms with E-state index in [4.69, 9.17) is 9.47 Å². The molecule has 5 nitrogen and oxygen atoms in total. The van der Waals surface area contributed by atoms with Crippen LogP contribution in [0, 0.1) is 0 Å². The van der Waals surface area contributed by atoms with Gasteiger partial charge in [0, 0.05) is 22.0 Å². The lowest BCUT2D eigenvalue weighted by molar-refractivity contribution is 0.0597. The van der Waals surface area contributed by atoms with E-state index in [1.807, 2.05) is 45.0 Å². The molecule has 1 aliphatic rings. The Morgan fingerprint density at radius 1 is 0.795 bits per heavy atom. The third-order valence-corrected chi connectivity index (χ3v) is 8.11. The molecular formula is C33H50N2O3S. The van der Waals surface area contributed by atoms with E-state index in [1.54, 1.807) is 23.8 Å². The second-order valence-electron chi connectivity index (χ2n) is 11.6. The number of rotatable bonds is 16. The van der Waals surface area contributed by atoms with E-state index in [0.717, 1.165) is 39.1 Å². The molecule has 6 heteroatoms. The maximum Gasteiger partial charge on any atom is 0.419 e. The van der Waals surface area contributed by atoms with Crippen molar-refractivity contribution in [3.05, 3.63) is 36.4 Å². The van der Waals surface area contributed by atoms with E-state index in [0.29, 0.717) is 0 Å². The van der Waals surface area contributed by atoms with Gasteiger partial charge >= 0.3 is 6.09 Å². The third kappa shape index (κ3) is 10.3. The molecule has 0 bridgehead atoms. The molecule has 2 aromatic carbocycles. The minimum absolute atomic E-state index is 0.372. The monoisotopic (exact) mass is 554 g/mol. The number of fused-ring (bicyclic) bond motifs is 2. The third-order valence-electron chi connectivity index (χ3n) is 7.01. The average Bonchev–Trinajstić information content (AvgIpc) is 2.90. The Labute approximate surface area is 241 Å². The van der Waals surface area contributed by atoms with Gasteiger partial charge < -0.3 is 14.8 Å². The number of carbonyl (C=O) groups excluding carboxylic acids is 1. The first kappa shape index (κ1) is 31.2. The highest BCUT2D eigenvalue weighted by Gasteiger charge is 2.32. The van der Waals surface area contributed by atoms with Gasteiger partial charge in [-0.3, -0.25) is 0 Å². The number of ether oxygens (including phenoxy) is 2. The number of amides is 1. The van der Waals surface area contributed by atoms with E-state index in [1.165, 1.54) is 83.5 Å². The molecule has 0 atom stereocenters. The number of carbonyl (C=O) groups is 1. The Kier molecular flexibility index (Phi) is 12.8. The number of methoxy groups -OCH3 is 1. The smallest absolute Gasteiger partial charge is 0.419 e. The van der Waals surface area contributed by atoms with Gasteiger partial charge in [-0.1, -0.05) is 95.7 Å². The van der Waals surface area contributed by atoms with Crippen LogP contribution in [-0.2, 0) is 4.74 Å². The van der Waals surface area contributed by atoms with Gasteiger partial charge in [-0.05, 0) is 63.6 Å². The largest absolute Gasteiger partial charge is 0.497 e. The Morgan fingerprint density at radius 2 is 1.33 bits per heavy atom. The van der Waals surface area contributed by atoms with E-state index in [2.05, 4.69) is 24.4 Å². The lowest BCUT2D eigenvalue weighted by atomic mass is 10.0. The molecule has 0 fully saturated rings. The summed E-state index contributed by atoms with van der Waals surface area (Å²) < 4.78 is 11.2. The molecule has 0 saturated heterocycles. The summed E-state index contributed by atoms with van der Waals surface area (Å²) in [4.78, 5) is 16.9. The molecular weight excluding hydrogens is 504 g/mol. The molecule has 1 amide bonds. The fourth-order valence-corrected chi connectivity index (χ4v) is 6.03. The number of hydrogen-bond acceptors (Lipinski definition) is 5. The van der Waals surface area contributed by atoms with Crippen LogP contribution in [0.3, 0.4) is 0 Å². The van der Waals surface area contributed by atoms with E-state index in [-0.39, 0.29) is 6.09 Å². The zero-order chi connectivity index (χ0) is 28.1. The zero-order valence-electron chi connectivity index (χ0n) is 24.9. The summed E-state index contributed by atoms with van der Waals surface area (Å²) in [6.45, 7) is 8.92. The maximum atomic E-state index is 13.2. The first-order chi connectivity index (χ1) is 18.8. The van der Waals surface area contributed by atoms with Crippen molar-refractivity contribution in [3.8, 4) is 5.75 Å². The molecule has 1 N–H and O–H groups in total. The molecule has 0 saturated carbocycles. The van der Waals surface area contributed by atoms with Crippen molar-refractivity contribution in [2.45, 2.75) is 127 Å². The number of nitrogens with zero attached hydrogens (tertiary/aromatic N) is 1. The van der Waals surface area contributed by atoms with Crippen LogP contribution in [0.5, 0.6) is 5.75 Å². The van der Waals surface area contributed by atoms with Gasteiger partial charge in [-0.15, -0.1) is 0 Å². The molecule has 216 valence electrons.